The summed E-state index contributed by atoms with van der Waals surface area (Å²) in [7, 11) is 1.52. The highest BCUT2D eigenvalue weighted by molar-refractivity contribution is 6.31. The molecule has 0 bridgehead atoms. The van der Waals surface area contributed by atoms with Crippen molar-refractivity contribution in [2.45, 2.75) is 39.3 Å². The fraction of sp³-hybridized carbons (Fsp3) is 0.368. The maximum absolute atomic E-state index is 12.7. The van der Waals surface area contributed by atoms with Gasteiger partial charge < -0.3 is 27.6 Å². The number of nitrogens with zero attached hydrogens (tertiary/aromatic N) is 4. The van der Waals surface area contributed by atoms with E-state index in [9.17, 15) is 4.79 Å². The fourth-order valence-electron chi connectivity index (χ4n) is 2.85. The lowest BCUT2D eigenvalue weighted by atomic mass is 10.1. The molecule has 0 fully saturated rings. The van der Waals surface area contributed by atoms with Crippen molar-refractivity contribution in [1.82, 2.24) is 14.7 Å². The van der Waals surface area contributed by atoms with E-state index in [0.29, 0.717) is 27.9 Å². The number of carbonyl (C=O) groups is 1. The van der Waals surface area contributed by atoms with Crippen molar-refractivity contribution >= 4 is 29.0 Å². The summed E-state index contributed by atoms with van der Waals surface area (Å²) in [5.74, 6) is 0.966. The van der Waals surface area contributed by atoms with Gasteiger partial charge >= 0.3 is 11.6 Å². The van der Waals surface area contributed by atoms with Gasteiger partial charge in [-0.05, 0) is 41.2 Å². The topological polar surface area (TPSA) is 95.6 Å². The van der Waals surface area contributed by atoms with E-state index in [1.807, 2.05) is 0 Å². The summed E-state index contributed by atoms with van der Waals surface area (Å²) in [6, 6.07) is 8.39. The third kappa shape index (κ3) is 5.07. The molecule has 2 aromatic heterocycles. The highest BCUT2D eigenvalue weighted by Gasteiger charge is 2.23. The van der Waals surface area contributed by atoms with Crippen LogP contribution in [-0.2, 0) is 6.54 Å². The number of carbonyl (C=O) groups excluding carboxylic acids is 1. The molecule has 2 N–H and O–H groups in total. The number of rotatable bonds is 8. The third-order valence-electron chi connectivity index (χ3n) is 4.42. The molecule has 0 amide bonds. The number of aromatic nitrogens is 4. The Kier molecular flexibility index (Phi) is 7.64. The van der Waals surface area contributed by atoms with Gasteiger partial charge in [-0.3, -0.25) is 4.79 Å². The molecule has 3 rings (SSSR count). The Morgan fingerprint density at radius 2 is 2.00 bits per heavy atom. The predicted molar refractivity (Wildman–Crippen MR) is 105 cm³/mol. The second-order valence-corrected chi connectivity index (χ2v) is 6.75. The molecule has 0 aliphatic rings. The average Bonchev–Trinajstić information content (AvgIpc) is 3.00. The third-order valence-corrected chi connectivity index (χ3v) is 4.63. The van der Waals surface area contributed by atoms with Gasteiger partial charge in [0, 0.05) is 22.7 Å². The molecule has 0 saturated heterocycles. The van der Waals surface area contributed by atoms with Gasteiger partial charge in [-0.1, -0.05) is 30.0 Å². The van der Waals surface area contributed by atoms with Crippen molar-refractivity contribution in [3.8, 4) is 11.6 Å². The number of nitrogen functional groups attached to an aromatic ring is 1. The number of nitrogens with two attached hydrogens (primary N) is 1. The van der Waals surface area contributed by atoms with Crippen LogP contribution in [0, 0.1) is 0 Å². The molecule has 29 heavy (non-hydrogen) atoms. The number of methoxy groups -OCH3 is 1. The van der Waals surface area contributed by atoms with Crippen molar-refractivity contribution in [2.24, 2.45) is 0 Å². The molecule has 2 heterocycles. The number of benzene rings is 1. The molecule has 0 aliphatic carbocycles. The van der Waals surface area contributed by atoms with Crippen molar-refractivity contribution in [3.63, 3.8) is 0 Å². The highest BCUT2D eigenvalue weighted by atomic mass is 35.5. The zero-order valence-electron chi connectivity index (χ0n) is 16.4. The predicted octanol–water partition coefficient (Wildman–Crippen LogP) is -0.285. The summed E-state index contributed by atoms with van der Waals surface area (Å²) in [6.45, 7) is 4.10. The zero-order valence-corrected chi connectivity index (χ0v) is 17.9. The average molecular weight is 440 g/mol. The first-order valence-electron chi connectivity index (χ1n) is 9.05. The minimum absolute atomic E-state index is 0. The first-order chi connectivity index (χ1) is 13.4. The molecule has 1 aromatic carbocycles. The van der Waals surface area contributed by atoms with Gasteiger partial charge in [0.1, 0.15) is 11.9 Å². The molecule has 8 nitrogen and oxygen atoms in total. The van der Waals surface area contributed by atoms with Crippen LogP contribution in [-0.4, -0.2) is 33.7 Å². The van der Waals surface area contributed by atoms with Crippen LogP contribution in [0.4, 0.5) is 5.95 Å². The van der Waals surface area contributed by atoms with Crippen LogP contribution in [0.2, 0.25) is 5.02 Å². The Morgan fingerprint density at radius 1 is 1.28 bits per heavy atom. The second kappa shape index (κ2) is 9.76. The van der Waals surface area contributed by atoms with Gasteiger partial charge in [0.15, 0.2) is 6.54 Å². The Bertz CT molecular complexity index is 1000. The van der Waals surface area contributed by atoms with Crippen molar-refractivity contribution < 1.29 is 31.4 Å². The molecule has 0 radical (unpaired) electrons. The molecule has 156 valence electrons. The highest BCUT2D eigenvalue weighted by Crippen LogP contribution is 2.21. The van der Waals surface area contributed by atoms with Crippen molar-refractivity contribution in [3.05, 3.63) is 40.9 Å². The summed E-state index contributed by atoms with van der Waals surface area (Å²) >= 11 is 6.06. The largest absolute Gasteiger partial charge is 1.00 e. The standard InChI is InChI=1S/C19H23ClN5O3.ClH/c1-4-14(5-2)28-17-6-7-18-24(23-19(21)25(18)22-17)11-16(26)12-8-13(20)10-15(9-12)27-3;/h6-10,14H,4-5,11H2,1-3H3,(H2,21,23);1H/q+1;/p-1. The number of fused-ring (bicyclic) bond motifs is 1. The quantitative estimate of drug-likeness (QED) is 0.382. The van der Waals surface area contributed by atoms with Crippen LogP contribution in [0.5, 0.6) is 11.6 Å². The van der Waals surface area contributed by atoms with E-state index in [-0.39, 0.29) is 36.8 Å². The maximum Gasteiger partial charge on any atom is 0.355 e. The molecule has 3 aromatic rings. The van der Waals surface area contributed by atoms with Crippen LogP contribution in [0.15, 0.2) is 30.3 Å². The molecule has 10 heteroatoms. The van der Waals surface area contributed by atoms with E-state index in [0.717, 1.165) is 12.8 Å². The number of halogens is 2. The number of anilines is 1. The van der Waals surface area contributed by atoms with Gasteiger partial charge in [0.05, 0.1) is 7.11 Å². The Balaban J connectivity index is 0.00000300. The number of hydrogen-bond acceptors (Lipinski definition) is 6. The number of ether oxygens (including phenoxy) is 2. The minimum Gasteiger partial charge on any atom is -1.00 e. The van der Waals surface area contributed by atoms with Crippen LogP contribution in [0.25, 0.3) is 5.65 Å². The summed E-state index contributed by atoms with van der Waals surface area (Å²) < 4.78 is 14.0. The lowest BCUT2D eigenvalue weighted by molar-refractivity contribution is -0.714. The fourth-order valence-corrected chi connectivity index (χ4v) is 3.08. The zero-order chi connectivity index (χ0) is 20.3. The summed E-state index contributed by atoms with van der Waals surface area (Å²) in [4.78, 5) is 12.7. The normalized spacial score (nSPS) is 10.8. The van der Waals surface area contributed by atoms with Gasteiger partial charge in [-0.25, -0.2) is 0 Å². The van der Waals surface area contributed by atoms with Gasteiger partial charge in [0.25, 0.3) is 5.88 Å². The first-order valence-corrected chi connectivity index (χ1v) is 9.42. The number of Topliss-reactive ketones (excluding diaryl/α,β-unsaturated/α-hetero) is 1. The van der Waals surface area contributed by atoms with Crippen molar-refractivity contribution in [2.75, 3.05) is 12.8 Å². The molecule has 0 unspecified atom stereocenters. The smallest absolute Gasteiger partial charge is 0.355 e. The SMILES string of the molecule is CCC(CC)Oc1ccc2n(n1)c(N)n[n+]2CC(=O)c1cc(Cl)cc(OC)c1.[Cl-]. The van der Waals surface area contributed by atoms with Crippen LogP contribution < -0.4 is 32.3 Å². The number of ketones is 1. The van der Waals surface area contributed by atoms with Crippen LogP contribution >= 0.6 is 11.6 Å². The van der Waals surface area contributed by atoms with E-state index in [1.165, 1.54) is 16.3 Å². The summed E-state index contributed by atoms with van der Waals surface area (Å²) in [5, 5.41) is 9.04. The molecule has 0 saturated carbocycles. The lowest BCUT2D eigenvalue weighted by Gasteiger charge is -2.13. The van der Waals surface area contributed by atoms with E-state index >= 15 is 0 Å². The van der Waals surface area contributed by atoms with Crippen LogP contribution in [0.1, 0.15) is 37.0 Å². The monoisotopic (exact) mass is 439 g/mol. The summed E-state index contributed by atoms with van der Waals surface area (Å²) in [6.07, 6.45) is 1.85. The van der Waals surface area contributed by atoms with Gasteiger partial charge in [-0.15, -0.1) is 4.68 Å². The maximum atomic E-state index is 12.7. The van der Waals surface area contributed by atoms with Crippen molar-refractivity contribution in [1.29, 1.82) is 0 Å². The van der Waals surface area contributed by atoms with Gasteiger partial charge in [0.2, 0.25) is 5.78 Å². The van der Waals surface area contributed by atoms with E-state index in [2.05, 4.69) is 24.0 Å². The van der Waals surface area contributed by atoms with E-state index in [4.69, 9.17) is 26.8 Å². The Labute approximate surface area is 180 Å². The van der Waals surface area contributed by atoms with E-state index in [1.54, 1.807) is 30.3 Å². The Hall–Kier alpha value is -2.58. The Morgan fingerprint density at radius 3 is 2.66 bits per heavy atom. The number of hydrogen-bond donors (Lipinski definition) is 1. The molecule has 0 atom stereocenters. The minimum atomic E-state index is -0.178. The molecule has 0 spiro atoms. The lowest BCUT2D eigenvalue weighted by Crippen LogP contribution is -3.00. The van der Waals surface area contributed by atoms with Gasteiger partial charge in [-0.2, -0.15) is 0 Å². The van der Waals surface area contributed by atoms with E-state index < -0.39 is 0 Å². The molecular formula is C19H23Cl2N5O3. The first kappa shape index (κ1) is 22.7. The molecule has 0 aliphatic heterocycles. The molecular weight excluding hydrogens is 417 g/mol. The van der Waals surface area contributed by atoms with Crippen LogP contribution in [0.3, 0.4) is 0 Å². The summed E-state index contributed by atoms with van der Waals surface area (Å²) in [5.41, 5.74) is 7.00. The second-order valence-electron chi connectivity index (χ2n) is 6.32.